The van der Waals surface area contributed by atoms with Crippen molar-refractivity contribution < 1.29 is 9.84 Å². The molecule has 0 saturated heterocycles. The Kier molecular flexibility index (Phi) is 3.84. The summed E-state index contributed by atoms with van der Waals surface area (Å²) >= 11 is 0. The van der Waals surface area contributed by atoms with Crippen LogP contribution in [0, 0.1) is 5.92 Å². The van der Waals surface area contributed by atoms with Crippen LogP contribution in [-0.4, -0.2) is 42.8 Å². The van der Waals surface area contributed by atoms with Crippen molar-refractivity contribution in [2.75, 3.05) is 5.32 Å². The lowest BCUT2D eigenvalue weighted by atomic mass is 10.0. The highest BCUT2D eigenvalue weighted by Crippen LogP contribution is 2.42. The van der Waals surface area contributed by atoms with Gasteiger partial charge in [-0.1, -0.05) is 19.1 Å². The first-order chi connectivity index (χ1) is 13.4. The summed E-state index contributed by atoms with van der Waals surface area (Å²) in [6.07, 6.45) is 3.79. The molecule has 146 valence electrons. The molecule has 1 aliphatic carbocycles. The largest absolute Gasteiger partial charge is 0.486 e. The Bertz CT molecular complexity index is 1030. The van der Waals surface area contributed by atoms with Crippen LogP contribution in [0.1, 0.15) is 39.2 Å². The Morgan fingerprint density at radius 3 is 2.89 bits per heavy atom. The molecule has 3 N–H and O–H groups in total. The third-order valence-corrected chi connectivity index (χ3v) is 5.81. The molecule has 0 radical (unpaired) electrons. The van der Waals surface area contributed by atoms with E-state index in [-0.39, 0.29) is 17.7 Å². The summed E-state index contributed by atoms with van der Waals surface area (Å²) in [5.74, 6) is 2.64. The van der Waals surface area contributed by atoms with Crippen LogP contribution in [0.4, 0.5) is 5.82 Å². The minimum atomic E-state index is -0.264. The molecule has 0 unspecified atom stereocenters. The zero-order valence-corrected chi connectivity index (χ0v) is 16.4. The van der Waals surface area contributed by atoms with Crippen LogP contribution in [0.25, 0.3) is 22.6 Å². The monoisotopic (exact) mass is 379 g/mol. The van der Waals surface area contributed by atoms with Crippen molar-refractivity contribution in [1.82, 2.24) is 19.9 Å². The second kappa shape index (κ2) is 6.17. The number of aliphatic hydroxyl groups excluding tert-OH is 1. The Morgan fingerprint density at radius 2 is 2.11 bits per heavy atom. The zero-order valence-electron chi connectivity index (χ0n) is 16.4. The lowest BCUT2D eigenvalue weighted by Crippen LogP contribution is -2.24. The highest BCUT2D eigenvalue weighted by Gasteiger charge is 2.33. The van der Waals surface area contributed by atoms with E-state index in [0.717, 1.165) is 47.7 Å². The molecular weight excluding hydrogens is 354 g/mol. The normalized spacial score (nSPS) is 25.6. The van der Waals surface area contributed by atoms with E-state index in [2.05, 4.69) is 47.1 Å². The maximum absolute atomic E-state index is 10.0. The van der Waals surface area contributed by atoms with E-state index in [1.165, 1.54) is 11.9 Å². The Balaban J connectivity index is 1.52. The fraction of sp³-hybridized carbons (Fsp3) is 0.476. The lowest BCUT2D eigenvalue weighted by Gasteiger charge is -2.17. The van der Waals surface area contributed by atoms with Crippen molar-refractivity contribution in [2.24, 2.45) is 5.92 Å². The number of ether oxygens (including phenoxy) is 1. The smallest absolute Gasteiger partial charge is 0.183 e. The summed E-state index contributed by atoms with van der Waals surface area (Å²) in [6, 6.07) is 6.36. The van der Waals surface area contributed by atoms with E-state index >= 15 is 0 Å². The summed E-state index contributed by atoms with van der Waals surface area (Å²) in [6.45, 7) is 6.27. The molecule has 7 nitrogen and oxygen atoms in total. The van der Waals surface area contributed by atoms with E-state index in [9.17, 15) is 5.11 Å². The quantitative estimate of drug-likeness (QED) is 0.646. The van der Waals surface area contributed by atoms with Gasteiger partial charge in [0.2, 0.25) is 0 Å². The first kappa shape index (κ1) is 17.4. The molecule has 5 rings (SSSR count). The molecule has 1 fully saturated rings. The number of benzene rings is 1. The van der Waals surface area contributed by atoms with E-state index < -0.39 is 0 Å². The standard InChI is InChI=1S/C21H25N5O2/c1-11-7-13(8-15(11)27)24-19-16-20(23-10-22-19)26-18(25-16)14-6-4-5-12-9-21(2,3)28-17(12)14/h4-6,10-11,13,15,27H,7-9H2,1-3H3,(H2,22,23,24,25,26)/t11-,13+,15-/m0/s1. The maximum Gasteiger partial charge on any atom is 0.183 e. The van der Waals surface area contributed by atoms with Crippen molar-refractivity contribution in [1.29, 1.82) is 0 Å². The number of hydrogen-bond acceptors (Lipinski definition) is 6. The van der Waals surface area contributed by atoms with Crippen LogP contribution in [0.15, 0.2) is 24.5 Å². The average Bonchev–Trinajstić information content (AvgIpc) is 3.29. The van der Waals surface area contributed by atoms with Gasteiger partial charge in [0.15, 0.2) is 11.5 Å². The van der Waals surface area contributed by atoms with Gasteiger partial charge in [0.05, 0.1) is 11.7 Å². The van der Waals surface area contributed by atoms with Crippen LogP contribution in [0.3, 0.4) is 0 Å². The zero-order chi connectivity index (χ0) is 19.5. The van der Waals surface area contributed by atoms with Crippen LogP contribution >= 0.6 is 0 Å². The topological polar surface area (TPSA) is 96.0 Å². The molecule has 0 bridgehead atoms. The van der Waals surface area contributed by atoms with Gasteiger partial charge in [-0.05, 0) is 44.2 Å². The number of nitrogens with zero attached hydrogens (tertiary/aromatic N) is 3. The fourth-order valence-corrected chi connectivity index (χ4v) is 4.40. The van der Waals surface area contributed by atoms with Crippen LogP contribution in [-0.2, 0) is 6.42 Å². The molecule has 3 heterocycles. The van der Waals surface area contributed by atoms with E-state index in [0.29, 0.717) is 11.6 Å². The van der Waals surface area contributed by atoms with Gasteiger partial charge in [-0.25, -0.2) is 15.0 Å². The van der Waals surface area contributed by atoms with Crippen LogP contribution in [0.5, 0.6) is 5.75 Å². The number of fused-ring (bicyclic) bond motifs is 2. The summed E-state index contributed by atoms with van der Waals surface area (Å²) in [4.78, 5) is 16.8. The average molecular weight is 379 g/mol. The van der Waals surface area contributed by atoms with Gasteiger partial charge >= 0.3 is 0 Å². The molecule has 1 aromatic carbocycles. The van der Waals surface area contributed by atoms with E-state index in [1.807, 2.05) is 12.1 Å². The predicted molar refractivity (Wildman–Crippen MR) is 107 cm³/mol. The van der Waals surface area contributed by atoms with Crippen molar-refractivity contribution in [3.63, 3.8) is 0 Å². The second-order valence-electron chi connectivity index (χ2n) is 8.70. The number of para-hydroxylation sites is 1. The van der Waals surface area contributed by atoms with Gasteiger partial charge < -0.3 is 20.1 Å². The Labute approximate surface area is 163 Å². The van der Waals surface area contributed by atoms with Crippen molar-refractivity contribution in [3.05, 3.63) is 30.1 Å². The molecule has 3 atom stereocenters. The van der Waals surface area contributed by atoms with Gasteiger partial charge in [-0.15, -0.1) is 0 Å². The highest BCUT2D eigenvalue weighted by molar-refractivity contribution is 5.86. The molecule has 7 heteroatoms. The summed E-state index contributed by atoms with van der Waals surface area (Å²) in [5.41, 5.74) is 3.32. The number of hydrogen-bond donors (Lipinski definition) is 3. The molecule has 1 aliphatic heterocycles. The number of anilines is 1. The van der Waals surface area contributed by atoms with Gasteiger partial charge in [-0.2, -0.15) is 0 Å². The number of H-pyrrole nitrogens is 1. The highest BCUT2D eigenvalue weighted by atomic mass is 16.5. The minimum Gasteiger partial charge on any atom is -0.486 e. The molecule has 0 spiro atoms. The number of aliphatic hydroxyl groups is 1. The Morgan fingerprint density at radius 1 is 1.25 bits per heavy atom. The summed E-state index contributed by atoms with van der Waals surface area (Å²) in [5, 5.41) is 13.5. The van der Waals surface area contributed by atoms with Gasteiger partial charge in [-0.3, -0.25) is 0 Å². The van der Waals surface area contributed by atoms with Crippen LogP contribution in [0.2, 0.25) is 0 Å². The van der Waals surface area contributed by atoms with Gasteiger partial charge in [0.1, 0.15) is 29.0 Å². The molecule has 3 aromatic rings. The third kappa shape index (κ3) is 2.90. The first-order valence-corrected chi connectivity index (χ1v) is 9.86. The van der Waals surface area contributed by atoms with E-state index in [1.54, 1.807) is 0 Å². The van der Waals surface area contributed by atoms with Crippen molar-refractivity contribution >= 4 is 17.0 Å². The van der Waals surface area contributed by atoms with Gasteiger partial charge in [0.25, 0.3) is 0 Å². The maximum atomic E-state index is 10.0. The molecule has 2 aromatic heterocycles. The molecule has 0 amide bonds. The van der Waals surface area contributed by atoms with Crippen molar-refractivity contribution in [2.45, 2.75) is 57.8 Å². The van der Waals surface area contributed by atoms with Crippen LogP contribution < -0.4 is 10.1 Å². The third-order valence-electron chi connectivity index (χ3n) is 5.81. The second-order valence-corrected chi connectivity index (χ2v) is 8.70. The molecular formula is C21H25N5O2. The van der Waals surface area contributed by atoms with Crippen molar-refractivity contribution in [3.8, 4) is 17.1 Å². The SMILES string of the molecule is C[C@H]1C[C@@H](Nc2ncnc3nc(-c4cccc5c4OC(C)(C)C5)[nH]c23)C[C@@H]1O. The lowest BCUT2D eigenvalue weighted by molar-refractivity contribution is 0.139. The number of aromatic nitrogens is 4. The number of rotatable bonds is 3. The predicted octanol–water partition coefficient (Wildman–Crippen LogP) is 3.30. The molecule has 28 heavy (non-hydrogen) atoms. The molecule has 1 saturated carbocycles. The summed E-state index contributed by atoms with van der Waals surface area (Å²) in [7, 11) is 0. The number of nitrogens with one attached hydrogen (secondary N) is 2. The number of imidazole rings is 1. The van der Waals surface area contributed by atoms with Gasteiger partial charge in [0, 0.05) is 12.5 Å². The summed E-state index contributed by atoms with van der Waals surface area (Å²) < 4.78 is 6.20. The minimum absolute atomic E-state index is 0.194. The van der Waals surface area contributed by atoms with E-state index in [4.69, 9.17) is 9.72 Å². The molecule has 2 aliphatic rings. The number of aromatic amines is 1. The Hall–Kier alpha value is -2.67. The fourth-order valence-electron chi connectivity index (χ4n) is 4.40. The first-order valence-electron chi connectivity index (χ1n) is 9.86.